The number of imidazole rings is 1. The van der Waals surface area contributed by atoms with Crippen molar-refractivity contribution in [2.45, 2.75) is 56.5 Å². The van der Waals surface area contributed by atoms with Gasteiger partial charge in [-0.3, -0.25) is 4.79 Å². The second-order valence-electron chi connectivity index (χ2n) is 7.59. The van der Waals surface area contributed by atoms with Gasteiger partial charge in [0.25, 0.3) is 5.91 Å². The zero-order chi connectivity index (χ0) is 20.4. The summed E-state index contributed by atoms with van der Waals surface area (Å²) in [5.41, 5.74) is 0.879. The maximum absolute atomic E-state index is 14.3. The van der Waals surface area contributed by atoms with Gasteiger partial charge >= 0.3 is 0 Å². The van der Waals surface area contributed by atoms with Gasteiger partial charge in [-0.1, -0.05) is 6.42 Å². The Hall–Kier alpha value is -2.26. The van der Waals surface area contributed by atoms with Gasteiger partial charge in [-0.05, 0) is 43.9 Å². The molecular formula is C20H25FN4O3S. The van der Waals surface area contributed by atoms with Crippen molar-refractivity contribution in [3.05, 3.63) is 47.3 Å². The summed E-state index contributed by atoms with van der Waals surface area (Å²) in [7, 11) is -3.96. The number of nitrogens with zero attached hydrogens (tertiary/aromatic N) is 3. The molecule has 1 saturated heterocycles. The Labute approximate surface area is 170 Å². The molecule has 156 valence electrons. The highest BCUT2D eigenvalue weighted by atomic mass is 32.2. The van der Waals surface area contributed by atoms with Crippen molar-refractivity contribution in [3.63, 3.8) is 0 Å². The van der Waals surface area contributed by atoms with Crippen LogP contribution in [0.2, 0.25) is 0 Å². The molecule has 0 radical (unpaired) electrons. The molecule has 9 heteroatoms. The molecule has 4 rings (SSSR count). The van der Waals surface area contributed by atoms with E-state index in [1.54, 1.807) is 0 Å². The average Bonchev–Trinajstić information content (AvgIpc) is 3.16. The fourth-order valence-electron chi connectivity index (χ4n) is 3.92. The van der Waals surface area contributed by atoms with Crippen LogP contribution >= 0.6 is 0 Å². The summed E-state index contributed by atoms with van der Waals surface area (Å²) < 4.78 is 43.3. The molecule has 1 fully saturated rings. The van der Waals surface area contributed by atoms with E-state index in [4.69, 9.17) is 0 Å². The lowest BCUT2D eigenvalue weighted by atomic mass is 10.2. The fraction of sp³-hybridized carbons (Fsp3) is 0.500. The third-order valence-electron chi connectivity index (χ3n) is 5.51. The first-order chi connectivity index (χ1) is 13.9. The lowest BCUT2D eigenvalue weighted by Gasteiger charge is -2.26. The van der Waals surface area contributed by atoms with Crippen LogP contribution in [0.15, 0.2) is 29.3 Å². The maximum Gasteiger partial charge on any atom is 0.251 e. The fourth-order valence-corrected chi connectivity index (χ4v) is 5.52. The first-order valence-electron chi connectivity index (χ1n) is 10.1. The number of piperidine rings is 1. The minimum atomic E-state index is -3.96. The van der Waals surface area contributed by atoms with Gasteiger partial charge in [-0.25, -0.2) is 17.8 Å². The maximum atomic E-state index is 14.3. The number of hydrogen-bond donors (Lipinski definition) is 1. The summed E-state index contributed by atoms with van der Waals surface area (Å²) in [6.07, 6.45) is 7.60. The number of halogens is 1. The lowest BCUT2D eigenvalue weighted by molar-refractivity contribution is 0.0950. The number of fused-ring (bicyclic) bond motifs is 1. The summed E-state index contributed by atoms with van der Waals surface area (Å²) in [6.45, 7) is 1.93. The molecule has 1 aromatic heterocycles. The number of benzene rings is 1. The number of aryl methyl sites for hydroxylation is 2. The highest BCUT2D eigenvalue weighted by Crippen LogP contribution is 2.24. The van der Waals surface area contributed by atoms with E-state index < -0.39 is 26.6 Å². The second-order valence-corrected chi connectivity index (χ2v) is 9.50. The predicted molar refractivity (Wildman–Crippen MR) is 105 cm³/mol. The molecule has 2 aliphatic rings. The van der Waals surface area contributed by atoms with Crippen LogP contribution in [0.5, 0.6) is 0 Å². The van der Waals surface area contributed by atoms with Crippen molar-refractivity contribution in [2.75, 3.05) is 13.1 Å². The molecule has 0 atom stereocenters. The third-order valence-corrected chi connectivity index (χ3v) is 7.43. The Morgan fingerprint density at radius 3 is 2.62 bits per heavy atom. The van der Waals surface area contributed by atoms with Crippen molar-refractivity contribution in [1.29, 1.82) is 0 Å². The van der Waals surface area contributed by atoms with Gasteiger partial charge in [0.05, 0.1) is 12.2 Å². The monoisotopic (exact) mass is 420 g/mol. The summed E-state index contributed by atoms with van der Waals surface area (Å²) in [4.78, 5) is 16.6. The van der Waals surface area contributed by atoms with E-state index in [1.165, 1.54) is 10.4 Å². The van der Waals surface area contributed by atoms with Crippen LogP contribution in [-0.4, -0.2) is 41.3 Å². The molecule has 7 nitrogen and oxygen atoms in total. The number of carbonyl (C=O) groups excluding carboxylic acids is 1. The molecule has 3 heterocycles. The number of hydrogen-bond acceptors (Lipinski definition) is 4. The van der Waals surface area contributed by atoms with Crippen molar-refractivity contribution < 1.29 is 17.6 Å². The van der Waals surface area contributed by atoms with E-state index >= 15 is 0 Å². The standard InChI is InChI=1S/C20H25FN4O3S/c21-17-8-7-15(12-18(17)29(27,28)25-10-3-1-4-11-25)20(26)22-13-16-14-24-9-5-2-6-19(24)23-16/h7-8,12,14H,1-6,9-11,13H2,(H,22,26). The number of amides is 1. The second kappa shape index (κ2) is 8.23. The Bertz CT molecular complexity index is 989. The topological polar surface area (TPSA) is 84.3 Å². The highest BCUT2D eigenvalue weighted by Gasteiger charge is 2.29. The molecule has 1 amide bonds. The summed E-state index contributed by atoms with van der Waals surface area (Å²) in [6, 6.07) is 3.48. The number of rotatable bonds is 5. The highest BCUT2D eigenvalue weighted by molar-refractivity contribution is 7.89. The molecule has 2 aromatic rings. The zero-order valence-electron chi connectivity index (χ0n) is 16.2. The molecule has 0 spiro atoms. The summed E-state index contributed by atoms with van der Waals surface area (Å²) >= 11 is 0. The van der Waals surface area contributed by atoms with Crippen LogP contribution in [0.4, 0.5) is 4.39 Å². The minimum absolute atomic E-state index is 0.117. The first kappa shape index (κ1) is 20.0. The van der Waals surface area contributed by atoms with Crippen LogP contribution in [0.25, 0.3) is 0 Å². The Morgan fingerprint density at radius 2 is 1.86 bits per heavy atom. The van der Waals surface area contributed by atoms with Gasteiger partial charge in [0.15, 0.2) is 0 Å². The van der Waals surface area contributed by atoms with E-state index in [0.29, 0.717) is 13.1 Å². The lowest BCUT2D eigenvalue weighted by Crippen LogP contribution is -2.36. The Kier molecular flexibility index (Phi) is 5.69. The van der Waals surface area contributed by atoms with Crippen LogP contribution in [0.1, 0.15) is 54.0 Å². The Morgan fingerprint density at radius 1 is 1.10 bits per heavy atom. The molecule has 0 aliphatic carbocycles. The number of sulfonamides is 1. The summed E-state index contributed by atoms with van der Waals surface area (Å²) in [5, 5.41) is 2.76. The van der Waals surface area contributed by atoms with E-state index in [0.717, 1.165) is 68.7 Å². The Balaban J connectivity index is 1.49. The van der Waals surface area contributed by atoms with Crippen LogP contribution in [-0.2, 0) is 29.5 Å². The number of nitrogens with one attached hydrogen (secondary N) is 1. The van der Waals surface area contributed by atoms with Crippen LogP contribution < -0.4 is 5.32 Å². The molecule has 1 N–H and O–H groups in total. The van der Waals surface area contributed by atoms with Gasteiger partial charge in [-0.2, -0.15) is 4.31 Å². The van der Waals surface area contributed by atoms with E-state index in [1.807, 2.05) is 6.20 Å². The molecule has 29 heavy (non-hydrogen) atoms. The number of carbonyl (C=O) groups is 1. The van der Waals surface area contributed by atoms with Crippen molar-refractivity contribution >= 4 is 15.9 Å². The minimum Gasteiger partial charge on any atom is -0.346 e. The van der Waals surface area contributed by atoms with Gasteiger partial charge in [0.1, 0.15) is 16.5 Å². The van der Waals surface area contributed by atoms with Gasteiger partial charge < -0.3 is 9.88 Å². The van der Waals surface area contributed by atoms with E-state index in [-0.39, 0.29) is 12.1 Å². The van der Waals surface area contributed by atoms with Gasteiger partial charge in [0.2, 0.25) is 10.0 Å². The van der Waals surface area contributed by atoms with Crippen LogP contribution in [0, 0.1) is 5.82 Å². The molecular weight excluding hydrogens is 395 g/mol. The van der Waals surface area contributed by atoms with Crippen LogP contribution in [0.3, 0.4) is 0 Å². The van der Waals surface area contributed by atoms with E-state index in [2.05, 4.69) is 14.9 Å². The van der Waals surface area contributed by atoms with Crippen molar-refractivity contribution in [2.24, 2.45) is 0 Å². The molecule has 1 aromatic carbocycles. The van der Waals surface area contributed by atoms with E-state index in [9.17, 15) is 17.6 Å². The third kappa shape index (κ3) is 4.20. The predicted octanol–water partition coefficient (Wildman–Crippen LogP) is 2.46. The molecule has 0 unspecified atom stereocenters. The first-order valence-corrected chi connectivity index (χ1v) is 11.5. The smallest absolute Gasteiger partial charge is 0.251 e. The van der Waals surface area contributed by atoms with Gasteiger partial charge in [-0.15, -0.1) is 0 Å². The number of aromatic nitrogens is 2. The molecule has 0 saturated carbocycles. The molecule has 0 bridgehead atoms. The SMILES string of the molecule is O=C(NCc1cn2c(n1)CCCC2)c1ccc(F)c(S(=O)(=O)N2CCCCC2)c1. The normalized spacial score (nSPS) is 17.7. The zero-order valence-corrected chi connectivity index (χ0v) is 17.0. The largest absolute Gasteiger partial charge is 0.346 e. The molecule has 2 aliphatic heterocycles. The average molecular weight is 421 g/mol. The quantitative estimate of drug-likeness (QED) is 0.805. The van der Waals surface area contributed by atoms with Crippen molar-refractivity contribution in [3.8, 4) is 0 Å². The van der Waals surface area contributed by atoms with Gasteiger partial charge in [0, 0.05) is 37.8 Å². The van der Waals surface area contributed by atoms with Crippen molar-refractivity contribution in [1.82, 2.24) is 19.2 Å². The summed E-state index contributed by atoms with van der Waals surface area (Å²) in [5.74, 6) is -0.267.